The highest BCUT2D eigenvalue weighted by molar-refractivity contribution is 9.10. The lowest BCUT2D eigenvalue weighted by Gasteiger charge is -2.22. The van der Waals surface area contributed by atoms with Gasteiger partial charge in [0, 0.05) is 29.7 Å². The number of hydrogen-bond acceptors (Lipinski definition) is 3. The van der Waals surface area contributed by atoms with Crippen LogP contribution in [-0.2, 0) is 16.6 Å². The van der Waals surface area contributed by atoms with E-state index >= 15 is 0 Å². The Balaban J connectivity index is 2.42. The molecule has 2 aromatic rings. The molecule has 0 radical (unpaired) electrons. The molecule has 0 bridgehead atoms. The minimum Gasteiger partial charge on any atom is -0.330 e. The molecule has 1 amide bonds. The van der Waals surface area contributed by atoms with Crippen LogP contribution >= 0.6 is 15.9 Å². The number of carbonyl (C=O) groups is 1. The number of nitrogens with one attached hydrogen (secondary N) is 1. The Kier molecular flexibility index (Phi) is 7.45. The number of halogens is 3. The maximum Gasteiger partial charge on any atom is 0.257 e. The van der Waals surface area contributed by atoms with Crippen molar-refractivity contribution in [1.29, 1.82) is 0 Å². The van der Waals surface area contributed by atoms with E-state index < -0.39 is 33.1 Å². The van der Waals surface area contributed by atoms with Crippen molar-refractivity contribution >= 4 is 31.9 Å². The normalized spacial score (nSPS) is 11.3. The molecule has 5 nitrogen and oxygen atoms in total. The van der Waals surface area contributed by atoms with Crippen LogP contribution in [0.4, 0.5) is 8.78 Å². The average molecular weight is 473 g/mol. The summed E-state index contributed by atoms with van der Waals surface area (Å²) in [5.41, 5.74) is -0.197. The Labute approximate surface area is 171 Å². The predicted molar refractivity (Wildman–Crippen MR) is 106 cm³/mol. The van der Waals surface area contributed by atoms with Gasteiger partial charge < -0.3 is 4.90 Å². The Hall–Kier alpha value is -2.10. The summed E-state index contributed by atoms with van der Waals surface area (Å²) in [5.74, 6) is -2.16. The van der Waals surface area contributed by atoms with Crippen molar-refractivity contribution in [3.63, 3.8) is 0 Å². The zero-order valence-corrected chi connectivity index (χ0v) is 17.5. The van der Waals surface area contributed by atoms with E-state index in [0.29, 0.717) is 4.47 Å². The molecule has 0 saturated heterocycles. The number of benzene rings is 2. The summed E-state index contributed by atoms with van der Waals surface area (Å²) in [7, 11) is -3.87. The Morgan fingerprint density at radius 2 is 1.89 bits per heavy atom. The number of rotatable bonds is 8. The first kappa shape index (κ1) is 22.2. The molecule has 2 rings (SSSR count). The second-order valence-corrected chi connectivity index (χ2v) is 8.54. The third-order valence-corrected chi connectivity index (χ3v) is 5.86. The van der Waals surface area contributed by atoms with E-state index in [9.17, 15) is 22.0 Å². The van der Waals surface area contributed by atoms with Crippen LogP contribution in [0.2, 0.25) is 0 Å². The first-order valence-corrected chi connectivity index (χ1v) is 10.6. The zero-order chi connectivity index (χ0) is 20.9. The molecule has 0 saturated carbocycles. The lowest BCUT2D eigenvalue weighted by atomic mass is 10.1. The number of amides is 1. The largest absolute Gasteiger partial charge is 0.330 e. The van der Waals surface area contributed by atoms with Crippen molar-refractivity contribution in [3.8, 4) is 0 Å². The van der Waals surface area contributed by atoms with Gasteiger partial charge in [0.1, 0.15) is 11.6 Å². The molecule has 0 aliphatic carbocycles. The molecule has 150 valence electrons. The maximum atomic E-state index is 14.3. The third kappa shape index (κ3) is 5.24. The van der Waals surface area contributed by atoms with E-state index in [1.54, 1.807) is 6.92 Å². The van der Waals surface area contributed by atoms with Crippen LogP contribution in [0, 0.1) is 11.6 Å². The molecule has 9 heteroatoms. The van der Waals surface area contributed by atoms with E-state index in [1.807, 2.05) is 0 Å². The van der Waals surface area contributed by atoms with Gasteiger partial charge in [-0.1, -0.05) is 28.9 Å². The zero-order valence-electron chi connectivity index (χ0n) is 15.1. The van der Waals surface area contributed by atoms with Crippen LogP contribution in [0.3, 0.4) is 0 Å². The second kappa shape index (κ2) is 9.40. The van der Waals surface area contributed by atoms with Crippen molar-refractivity contribution in [2.24, 2.45) is 0 Å². The van der Waals surface area contributed by atoms with E-state index in [-0.39, 0.29) is 30.1 Å². The molecule has 0 fully saturated rings. The number of nitrogens with zero attached hydrogens (tertiary/aromatic N) is 1. The molecule has 0 heterocycles. The minimum atomic E-state index is -3.87. The van der Waals surface area contributed by atoms with Gasteiger partial charge in [-0.3, -0.25) is 4.79 Å². The summed E-state index contributed by atoms with van der Waals surface area (Å²) in [4.78, 5) is 13.8. The van der Waals surface area contributed by atoms with Gasteiger partial charge in [0.2, 0.25) is 10.0 Å². The number of carbonyl (C=O) groups excluding carboxylic acids is 1. The van der Waals surface area contributed by atoms with Gasteiger partial charge >= 0.3 is 0 Å². The number of sulfonamides is 1. The summed E-state index contributed by atoms with van der Waals surface area (Å²) in [6.07, 6.45) is 1.42. The molecule has 1 N–H and O–H groups in total. The van der Waals surface area contributed by atoms with Crippen molar-refractivity contribution in [2.45, 2.75) is 18.4 Å². The molecule has 0 aliphatic rings. The van der Waals surface area contributed by atoms with Gasteiger partial charge in [-0.15, -0.1) is 6.58 Å². The van der Waals surface area contributed by atoms with Crippen LogP contribution in [0.15, 0.2) is 58.4 Å². The van der Waals surface area contributed by atoms with Crippen LogP contribution < -0.4 is 4.72 Å². The van der Waals surface area contributed by atoms with Gasteiger partial charge in [-0.25, -0.2) is 21.9 Å². The number of hydrogen-bond donors (Lipinski definition) is 1. The lowest BCUT2D eigenvalue weighted by Crippen LogP contribution is -2.32. The van der Waals surface area contributed by atoms with Crippen LogP contribution in [0.25, 0.3) is 0 Å². The monoisotopic (exact) mass is 472 g/mol. The van der Waals surface area contributed by atoms with Crippen molar-refractivity contribution in [1.82, 2.24) is 9.62 Å². The summed E-state index contributed by atoms with van der Waals surface area (Å²) in [5, 5.41) is 0. The Bertz CT molecular complexity index is 997. The highest BCUT2D eigenvalue weighted by Crippen LogP contribution is 2.21. The van der Waals surface area contributed by atoms with E-state index in [2.05, 4.69) is 27.2 Å². The predicted octanol–water partition coefficient (Wildman–Crippen LogP) is 3.85. The fraction of sp³-hybridized carbons (Fsp3) is 0.211. The fourth-order valence-corrected chi connectivity index (χ4v) is 4.00. The third-order valence-electron chi connectivity index (χ3n) is 3.82. The molecular formula is C19H19BrF2N2O3S. The first-order chi connectivity index (χ1) is 13.2. The molecule has 0 unspecified atom stereocenters. The summed E-state index contributed by atoms with van der Waals surface area (Å²) >= 11 is 3.24. The standard InChI is InChI=1S/C19H19BrF2N2O3S/c1-3-9-24(12-13-10-14(20)5-7-17(13)21)19(25)16-11-15(6-8-18(16)22)28(26,27)23-4-2/h3,5-8,10-11,23H,1,4,9,12H2,2H3. The van der Waals surface area contributed by atoms with Crippen LogP contribution in [0.5, 0.6) is 0 Å². The van der Waals surface area contributed by atoms with Crippen molar-refractivity contribution < 1.29 is 22.0 Å². The van der Waals surface area contributed by atoms with Gasteiger partial charge in [-0.2, -0.15) is 0 Å². The topological polar surface area (TPSA) is 66.5 Å². The van der Waals surface area contributed by atoms with Gasteiger partial charge in [-0.05, 0) is 36.4 Å². The van der Waals surface area contributed by atoms with Crippen LogP contribution in [-0.4, -0.2) is 32.3 Å². The second-order valence-electron chi connectivity index (χ2n) is 5.85. The molecule has 0 spiro atoms. The van der Waals surface area contributed by atoms with Gasteiger partial charge in [0.15, 0.2) is 0 Å². The average Bonchev–Trinajstić information content (AvgIpc) is 2.64. The SMILES string of the molecule is C=CCN(Cc1cc(Br)ccc1F)C(=O)c1cc(S(=O)(=O)NCC)ccc1F. The quantitative estimate of drug-likeness (QED) is 0.593. The van der Waals surface area contributed by atoms with E-state index in [4.69, 9.17) is 0 Å². The highest BCUT2D eigenvalue weighted by atomic mass is 79.9. The van der Waals surface area contributed by atoms with E-state index in [0.717, 1.165) is 18.2 Å². The molecule has 28 heavy (non-hydrogen) atoms. The fourth-order valence-electron chi connectivity index (χ4n) is 2.52. The minimum absolute atomic E-state index is 0.0222. The van der Waals surface area contributed by atoms with Gasteiger partial charge in [0.25, 0.3) is 5.91 Å². The highest BCUT2D eigenvalue weighted by Gasteiger charge is 2.23. The Morgan fingerprint density at radius 3 is 2.54 bits per heavy atom. The first-order valence-electron chi connectivity index (χ1n) is 8.33. The molecule has 0 atom stereocenters. The lowest BCUT2D eigenvalue weighted by molar-refractivity contribution is 0.0756. The maximum absolute atomic E-state index is 14.3. The molecule has 0 aliphatic heterocycles. The van der Waals surface area contributed by atoms with E-state index in [1.165, 1.54) is 29.2 Å². The summed E-state index contributed by atoms with van der Waals surface area (Å²) in [6, 6.07) is 7.26. The molecule has 0 aromatic heterocycles. The van der Waals surface area contributed by atoms with Crippen molar-refractivity contribution in [3.05, 3.63) is 76.3 Å². The smallest absolute Gasteiger partial charge is 0.257 e. The Morgan fingerprint density at radius 1 is 1.21 bits per heavy atom. The molecule has 2 aromatic carbocycles. The van der Waals surface area contributed by atoms with Crippen molar-refractivity contribution in [2.75, 3.05) is 13.1 Å². The molecular weight excluding hydrogens is 454 g/mol. The van der Waals surface area contributed by atoms with Gasteiger partial charge in [0.05, 0.1) is 10.5 Å². The summed E-state index contributed by atoms with van der Waals surface area (Å²) in [6.45, 7) is 5.20. The van der Waals surface area contributed by atoms with Crippen LogP contribution in [0.1, 0.15) is 22.8 Å². The summed E-state index contributed by atoms with van der Waals surface area (Å²) < 4.78 is 55.6.